The fourth-order valence-corrected chi connectivity index (χ4v) is 2.93. The second kappa shape index (κ2) is 7.23. The van der Waals surface area contributed by atoms with Crippen LogP contribution in [0.25, 0.3) is 0 Å². The van der Waals surface area contributed by atoms with Gasteiger partial charge in [-0.3, -0.25) is 4.98 Å². The SMILES string of the molecule is CCCNC(c1cncc(OC(C)C)c1)C1(C)CCCO1. The lowest BCUT2D eigenvalue weighted by Gasteiger charge is -2.34. The Morgan fingerprint density at radius 1 is 1.43 bits per heavy atom. The molecule has 0 radical (unpaired) electrons. The molecule has 2 atom stereocenters. The quantitative estimate of drug-likeness (QED) is 0.835. The molecule has 2 unspecified atom stereocenters. The van der Waals surface area contributed by atoms with Crippen LogP contribution in [0.4, 0.5) is 0 Å². The maximum atomic E-state index is 6.04. The normalized spacial score (nSPS) is 23.5. The molecular formula is C17H28N2O2. The lowest BCUT2D eigenvalue weighted by Crippen LogP contribution is -2.41. The average molecular weight is 292 g/mol. The third-order valence-electron chi connectivity index (χ3n) is 3.90. The van der Waals surface area contributed by atoms with Crippen LogP contribution in [0.3, 0.4) is 0 Å². The van der Waals surface area contributed by atoms with Crippen molar-refractivity contribution in [3.05, 3.63) is 24.0 Å². The summed E-state index contributed by atoms with van der Waals surface area (Å²) in [7, 11) is 0. The van der Waals surface area contributed by atoms with Crippen molar-refractivity contribution < 1.29 is 9.47 Å². The molecule has 0 saturated carbocycles. The van der Waals surface area contributed by atoms with Crippen molar-refractivity contribution in [2.45, 2.75) is 64.7 Å². The van der Waals surface area contributed by atoms with Crippen LogP contribution in [0.1, 0.15) is 58.6 Å². The highest BCUT2D eigenvalue weighted by Gasteiger charge is 2.39. The van der Waals surface area contributed by atoms with Crippen LogP contribution < -0.4 is 10.1 Å². The molecule has 0 amide bonds. The number of aromatic nitrogens is 1. The van der Waals surface area contributed by atoms with E-state index < -0.39 is 0 Å². The van der Waals surface area contributed by atoms with Crippen molar-refractivity contribution in [2.24, 2.45) is 0 Å². The van der Waals surface area contributed by atoms with Gasteiger partial charge >= 0.3 is 0 Å². The minimum atomic E-state index is -0.159. The van der Waals surface area contributed by atoms with Gasteiger partial charge in [0, 0.05) is 12.8 Å². The largest absolute Gasteiger partial charge is 0.489 e. The fourth-order valence-electron chi connectivity index (χ4n) is 2.93. The molecule has 0 aliphatic carbocycles. The van der Waals surface area contributed by atoms with E-state index in [0.29, 0.717) is 0 Å². The summed E-state index contributed by atoms with van der Waals surface area (Å²) in [5, 5.41) is 3.63. The topological polar surface area (TPSA) is 43.4 Å². The average Bonchev–Trinajstić information content (AvgIpc) is 2.86. The van der Waals surface area contributed by atoms with E-state index in [2.05, 4.69) is 30.2 Å². The fraction of sp³-hybridized carbons (Fsp3) is 0.706. The van der Waals surface area contributed by atoms with Gasteiger partial charge < -0.3 is 14.8 Å². The lowest BCUT2D eigenvalue weighted by atomic mass is 9.88. The van der Waals surface area contributed by atoms with Crippen LogP contribution in [0.5, 0.6) is 5.75 Å². The van der Waals surface area contributed by atoms with Crippen molar-refractivity contribution >= 4 is 0 Å². The monoisotopic (exact) mass is 292 g/mol. The first-order valence-corrected chi connectivity index (χ1v) is 8.04. The molecule has 1 aliphatic rings. The molecule has 0 bridgehead atoms. The van der Waals surface area contributed by atoms with E-state index in [9.17, 15) is 0 Å². The second-order valence-corrected chi connectivity index (χ2v) is 6.27. The van der Waals surface area contributed by atoms with Gasteiger partial charge in [-0.25, -0.2) is 0 Å². The molecule has 1 aromatic rings. The van der Waals surface area contributed by atoms with Gasteiger partial charge in [0.1, 0.15) is 5.75 Å². The summed E-state index contributed by atoms with van der Waals surface area (Å²) in [5.74, 6) is 0.826. The maximum Gasteiger partial charge on any atom is 0.138 e. The minimum Gasteiger partial charge on any atom is -0.489 e. The van der Waals surface area contributed by atoms with Crippen LogP contribution >= 0.6 is 0 Å². The maximum absolute atomic E-state index is 6.04. The first-order chi connectivity index (χ1) is 10.0. The summed E-state index contributed by atoms with van der Waals surface area (Å²) in [6, 6.07) is 2.25. The van der Waals surface area contributed by atoms with Crippen molar-refractivity contribution in [3.8, 4) is 5.75 Å². The van der Waals surface area contributed by atoms with Crippen LogP contribution in [0, 0.1) is 0 Å². The van der Waals surface area contributed by atoms with E-state index in [1.165, 1.54) is 0 Å². The third-order valence-corrected chi connectivity index (χ3v) is 3.90. The molecular weight excluding hydrogens is 264 g/mol. The van der Waals surface area contributed by atoms with E-state index in [1.807, 2.05) is 20.0 Å². The second-order valence-electron chi connectivity index (χ2n) is 6.27. The van der Waals surface area contributed by atoms with Gasteiger partial charge in [0.2, 0.25) is 0 Å². The van der Waals surface area contributed by atoms with Gasteiger partial charge in [-0.15, -0.1) is 0 Å². The molecule has 0 spiro atoms. The van der Waals surface area contributed by atoms with Gasteiger partial charge in [0.05, 0.1) is 23.9 Å². The Morgan fingerprint density at radius 3 is 2.86 bits per heavy atom. The number of hydrogen-bond donors (Lipinski definition) is 1. The molecule has 21 heavy (non-hydrogen) atoms. The standard InChI is InChI=1S/C17H28N2O2/c1-5-8-19-16(17(4)7-6-9-20-17)14-10-15(12-18-11-14)21-13(2)3/h10-13,16,19H,5-9H2,1-4H3. The van der Waals surface area contributed by atoms with Gasteiger partial charge in [-0.05, 0) is 58.2 Å². The Labute approximate surface area is 128 Å². The number of ether oxygens (including phenoxy) is 2. The Balaban J connectivity index is 2.23. The van der Waals surface area contributed by atoms with E-state index in [4.69, 9.17) is 9.47 Å². The lowest BCUT2D eigenvalue weighted by molar-refractivity contribution is -0.0126. The predicted octanol–water partition coefficient (Wildman–Crippen LogP) is 3.48. The summed E-state index contributed by atoms with van der Waals surface area (Å²) < 4.78 is 11.8. The Kier molecular flexibility index (Phi) is 5.59. The molecule has 4 nitrogen and oxygen atoms in total. The van der Waals surface area contributed by atoms with E-state index in [-0.39, 0.29) is 17.7 Å². The highest BCUT2D eigenvalue weighted by atomic mass is 16.5. The highest BCUT2D eigenvalue weighted by Crippen LogP contribution is 2.38. The predicted molar refractivity (Wildman–Crippen MR) is 84.6 cm³/mol. The number of pyridine rings is 1. The summed E-state index contributed by atoms with van der Waals surface area (Å²) in [6.07, 6.45) is 7.15. The molecule has 1 saturated heterocycles. The van der Waals surface area contributed by atoms with Crippen molar-refractivity contribution in [3.63, 3.8) is 0 Å². The molecule has 1 aromatic heterocycles. The Bertz CT molecular complexity index is 442. The molecule has 1 N–H and O–H groups in total. The summed E-state index contributed by atoms with van der Waals surface area (Å²) in [5.41, 5.74) is 0.985. The first-order valence-electron chi connectivity index (χ1n) is 8.04. The zero-order valence-electron chi connectivity index (χ0n) is 13.7. The zero-order valence-corrected chi connectivity index (χ0v) is 13.7. The minimum absolute atomic E-state index is 0.155. The summed E-state index contributed by atoms with van der Waals surface area (Å²) in [6.45, 7) is 10.2. The zero-order chi connectivity index (χ0) is 15.3. The van der Waals surface area contributed by atoms with Crippen molar-refractivity contribution in [1.29, 1.82) is 0 Å². The number of nitrogens with zero attached hydrogens (tertiary/aromatic N) is 1. The molecule has 2 heterocycles. The number of nitrogens with one attached hydrogen (secondary N) is 1. The molecule has 0 aromatic carbocycles. The van der Waals surface area contributed by atoms with E-state index in [1.54, 1.807) is 6.20 Å². The van der Waals surface area contributed by atoms with Crippen LogP contribution in [0.2, 0.25) is 0 Å². The molecule has 4 heteroatoms. The molecule has 118 valence electrons. The number of hydrogen-bond acceptors (Lipinski definition) is 4. The van der Waals surface area contributed by atoms with Crippen molar-refractivity contribution in [2.75, 3.05) is 13.2 Å². The van der Waals surface area contributed by atoms with Crippen LogP contribution in [-0.4, -0.2) is 29.8 Å². The smallest absolute Gasteiger partial charge is 0.138 e. The number of rotatable bonds is 7. The van der Waals surface area contributed by atoms with E-state index in [0.717, 1.165) is 43.7 Å². The summed E-state index contributed by atoms with van der Waals surface area (Å²) in [4.78, 5) is 4.35. The van der Waals surface area contributed by atoms with Gasteiger partial charge in [-0.2, -0.15) is 0 Å². The van der Waals surface area contributed by atoms with Gasteiger partial charge in [0.25, 0.3) is 0 Å². The van der Waals surface area contributed by atoms with E-state index >= 15 is 0 Å². The Hall–Kier alpha value is -1.13. The molecule has 1 fully saturated rings. The first kappa shape index (κ1) is 16.2. The highest BCUT2D eigenvalue weighted by molar-refractivity contribution is 5.28. The van der Waals surface area contributed by atoms with Gasteiger partial charge in [0.15, 0.2) is 0 Å². The van der Waals surface area contributed by atoms with Crippen molar-refractivity contribution in [1.82, 2.24) is 10.3 Å². The van der Waals surface area contributed by atoms with Gasteiger partial charge in [-0.1, -0.05) is 6.92 Å². The Morgan fingerprint density at radius 2 is 2.24 bits per heavy atom. The third kappa shape index (κ3) is 4.17. The molecule has 1 aliphatic heterocycles. The molecule has 2 rings (SSSR count). The van der Waals surface area contributed by atoms with Crippen LogP contribution in [-0.2, 0) is 4.74 Å². The summed E-state index contributed by atoms with van der Waals surface area (Å²) >= 11 is 0. The van der Waals surface area contributed by atoms with Crippen LogP contribution in [0.15, 0.2) is 18.5 Å².